The lowest BCUT2D eigenvalue weighted by atomic mass is 10.1. The number of pyridine rings is 1. The minimum absolute atomic E-state index is 0.231. The first-order valence-corrected chi connectivity index (χ1v) is 8.38. The van der Waals surface area contributed by atoms with Crippen molar-refractivity contribution in [1.82, 2.24) is 14.6 Å². The molecule has 0 aliphatic rings. The van der Waals surface area contributed by atoms with Crippen LogP contribution in [0.1, 0.15) is 15.4 Å². The van der Waals surface area contributed by atoms with Gasteiger partial charge in [-0.15, -0.1) is 11.3 Å². The molecule has 0 bridgehead atoms. The summed E-state index contributed by atoms with van der Waals surface area (Å²) in [6, 6.07) is 11.9. The predicted molar refractivity (Wildman–Crippen MR) is 94.9 cm³/mol. The lowest BCUT2D eigenvalue weighted by Crippen LogP contribution is -2.10. The molecule has 0 fully saturated rings. The zero-order valence-electron chi connectivity index (χ0n) is 13.2. The third-order valence-corrected chi connectivity index (χ3v) is 5.00. The Morgan fingerprint density at radius 1 is 1.20 bits per heavy atom. The second-order valence-electron chi connectivity index (χ2n) is 5.53. The van der Waals surface area contributed by atoms with Crippen LogP contribution in [-0.4, -0.2) is 20.5 Å². The molecule has 3 aromatic heterocycles. The molecule has 25 heavy (non-hydrogen) atoms. The number of hydrogen-bond acceptors (Lipinski definition) is 4. The summed E-state index contributed by atoms with van der Waals surface area (Å²) in [4.78, 5) is 16.7. The number of halogens is 1. The largest absolute Gasteiger partial charge is 0.365 e. The van der Waals surface area contributed by atoms with Gasteiger partial charge in [0.2, 0.25) is 0 Å². The fourth-order valence-electron chi connectivity index (χ4n) is 2.81. The number of rotatable bonds is 3. The van der Waals surface area contributed by atoms with E-state index < -0.39 is 11.7 Å². The van der Waals surface area contributed by atoms with Crippen molar-refractivity contribution in [3.05, 3.63) is 65.0 Å². The van der Waals surface area contributed by atoms with Crippen LogP contribution in [-0.2, 0) is 0 Å². The summed E-state index contributed by atoms with van der Waals surface area (Å²) in [5.74, 6) is -1.07. The molecule has 7 heteroatoms. The molecule has 0 aliphatic carbocycles. The molecule has 124 valence electrons. The fourth-order valence-corrected chi connectivity index (χ4v) is 3.85. The van der Waals surface area contributed by atoms with Gasteiger partial charge in [0.15, 0.2) is 0 Å². The first-order valence-electron chi connectivity index (χ1n) is 7.56. The summed E-state index contributed by atoms with van der Waals surface area (Å²) in [7, 11) is 0. The van der Waals surface area contributed by atoms with Crippen LogP contribution in [0.5, 0.6) is 0 Å². The van der Waals surface area contributed by atoms with Gasteiger partial charge in [-0.25, -0.2) is 13.9 Å². The second-order valence-corrected chi connectivity index (χ2v) is 6.53. The molecular formula is C18H13FN4OS. The molecule has 5 nitrogen and oxygen atoms in total. The number of carbonyl (C=O) groups excluding carboxylic acids is 1. The van der Waals surface area contributed by atoms with Gasteiger partial charge in [-0.3, -0.25) is 4.79 Å². The van der Waals surface area contributed by atoms with E-state index in [1.165, 1.54) is 6.07 Å². The Hall–Kier alpha value is -3.06. The van der Waals surface area contributed by atoms with Crippen molar-refractivity contribution in [2.24, 2.45) is 5.73 Å². The smallest absolute Gasteiger partial charge is 0.261 e. The number of aromatic nitrogens is 3. The minimum Gasteiger partial charge on any atom is -0.365 e. The summed E-state index contributed by atoms with van der Waals surface area (Å²) < 4.78 is 15.9. The molecule has 4 aromatic rings. The van der Waals surface area contributed by atoms with Crippen LogP contribution < -0.4 is 5.73 Å². The van der Waals surface area contributed by atoms with Crippen molar-refractivity contribution < 1.29 is 9.18 Å². The number of amides is 1. The monoisotopic (exact) mass is 352 g/mol. The third-order valence-electron chi connectivity index (χ3n) is 3.91. The first kappa shape index (κ1) is 15.5. The van der Waals surface area contributed by atoms with E-state index in [0.29, 0.717) is 5.01 Å². The maximum atomic E-state index is 14.2. The highest BCUT2D eigenvalue weighted by molar-refractivity contribution is 7.17. The Bertz CT molecular complexity index is 1120. The van der Waals surface area contributed by atoms with Crippen LogP contribution >= 0.6 is 11.3 Å². The predicted octanol–water partition coefficient (Wildman–Crippen LogP) is 3.67. The normalized spacial score (nSPS) is 11.1. The van der Waals surface area contributed by atoms with Crippen molar-refractivity contribution >= 4 is 22.8 Å². The van der Waals surface area contributed by atoms with Gasteiger partial charge < -0.3 is 5.73 Å². The number of primary amides is 1. The lowest BCUT2D eigenvalue weighted by molar-refractivity contribution is 0.100. The molecule has 0 spiro atoms. The van der Waals surface area contributed by atoms with Crippen LogP contribution in [0, 0.1) is 12.7 Å². The average Bonchev–Trinajstić information content (AvgIpc) is 3.15. The van der Waals surface area contributed by atoms with Gasteiger partial charge in [0, 0.05) is 11.8 Å². The number of fused-ring (bicyclic) bond motifs is 1. The maximum Gasteiger partial charge on any atom is 0.261 e. The number of aryl methyl sites for hydroxylation is 1. The van der Waals surface area contributed by atoms with Crippen LogP contribution in [0.2, 0.25) is 0 Å². The van der Waals surface area contributed by atoms with Gasteiger partial charge in [0.1, 0.15) is 15.7 Å². The maximum absolute atomic E-state index is 14.2. The molecule has 0 saturated heterocycles. The molecule has 3 heterocycles. The van der Waals surface area contributed by atoms with E-state index in [0.717, 1.165) is 28.1 Å². The number of benzene rings is 1. The molecule has 0 aliphatic heterocycles. The van der Waals surface area contributed by atoms with Gasteiger partial charge in [-0.1, -0.05) is 18.2 Å². The quantitative estimate of drug-likeness (QED) is 0.611. The van der Waals surface area contributed by atoms with Crippen LogP contribution in [0.4, 0.5) is 4.39 Å². The van der Waals surface area contributed by atoms with Crippen LogP contribution in [0.15, 0.2) is 48.7 Å². The Kier molecular flexibility index (Phi) is 3.58. The summed E-state index contributed by atoms with van der Waals surface area (Å²) in [5.41, 5.74) is 8.48. The molecule has 4 rings (SSSR count). The summed E-state index contributed by atoms with van der Waals surface area (Å²) in [6.45, 7) is 1.87. The van der Waals surface area contributed by atoms with E-state index in [9.17, 15) is 9.18 Å². The van der Waals surface area contributed by atoms with Gasteiger partial charge in [-0.05, 0) is 31.2 Å². The Balaban J connectivity index is 1.98. The van der Waals surface area contributed by atoms with Crippen molar-refractivity contribution in [1.29, 1.82) is 0 Å². The number of thiazole rings is 1. The van der Waals surface area contributed by atoms with Crippen molar-refractivity contribution in [2.45, 2.75) is 6.92 Å². The van der Waals surface area contributed by atoms with Gasteiger partial charge in [-0.2, -0.15) is 5.10 Å². The lowest BCUT2D eigenvalue weighted by Gasteiger charge is -2.00. The number of nitrogens with two attached hydrogens (primary N) is 1. The molecule has 0 radical (unpaired) electrons. The van der Waals surface area contributed by atoms with Crippen molar-refractivity contribution in [3.63, 3.8) is 0 Å². The van der Waals surface area contributed by atoms with E-state index in [1.807, 2.05) is 31.3 Å². The number of nitrogens with zero attached hydrogens (tertiary/aromatic N) is 3. The van der Waals surface area contributed by atoms with Crippen molar-refractivity contribution in [2.75, 3.05) is 0 Å². The Morgan fingerprint density at radius 2 is 1.96 bits per heavy atom. The molecular weight excluding hydrogens is 339 g/mol. The number of carbonyl (C=O) groups is 1. The van der Waals surface area contributed by atoms with Gasteiger partial charge >= 0.3 is 0 Å². The van der Waals surface area contributed by atoms with E-state index in [2.05, 4.69) is 10.1 Å². The molecule has 0 unspecified atom stereocenters. The molecule has 0 atom stereocenters. The van der Waals surface area contributed by atoms with Crippen LogP contribution in [0.3, 0.4) is 0 Å². The zero-order chi connectivity index (χ0) is 17.6. The first-order chi connectivity index (χ1) is 12.1. The average molecular weight is 352 g/mol. The highest BCUT2D eigenvalue weighted by atomic mass is 32.1. The van der Waals surface area contributed by atoms with Gasteiger partial charge in [0.05, 0.1) is 22.5 Å². The van der Waals surface area contributed by atoms with Gasteiger partial charge in [0.25, 0.3) is 5.91 Å². The standard InChI is InChI=1S/C18H13FN4OS/c1-10-14(13-8-4-5-9-23(13)22-10)18-21-15(16(25-18)17(20)24)11-6-2-3-7-12(11)19/h2-9H,1H3,(H2,20,24). The highest BCUT2D eigenvalue weighted by Crippen LogP contribution is 2.37. The second kappa shape index (κ2) is 5.78. The molecule has 2 N–H and O–H groups in total. The highest BCUT2D eigenvalue weighted by Gasteiger charge is 2.23. The SMILES string of the molecule is Cc1nn2ccccc2c1-c1nc(-c2ccccc2F)c(C(N)=O)s1. The minimum atomic E-state index is -0.629. The summed E-state index contributed by atoms with van der Waals surface area (Å²) >= 11 is 1.15. The van der Waals surface area contributed by atoms with Crippen molar-refractivity contribution in [3.8, 4) is 21.8 Å². The van der Waals surface area contributed by atoms with E-state index in [-0.39, 0.29) is 16.1 Å². The topological polar surface area (TPSA) is 73.3 Å². The van der Waals surface area contributed by atoms with E-state index in [4.69, 9.17) is 5.73 Å². The summed E-state index contributed by atoms with van der Waals surface area (Å²) in [5, 5.41) is 5.05. The van der Waals surface area contributed by atoms with Crippen LogP contribution in [0.25, 0.3) is 27.3 Å². The van der Waals surface area contributed by atoms with E-state index >= 15 is 0 Å². The van der Waals surface area contributed by atoms with E-state index in [1.54, 1.807) is 22.7 Å². The number of hydrogen-bond donors (Lipinski definition) is 1. The summed E-state index contributed by atoms with van der Waals surface area (Å²) in [6.07, 6.45) is 1.84. The Morgan fingerprint density at radius 3 is 2.72 bits per heavy atom. The third kappa shape index (κ3) is 2.49. The molecule has 0 saturated carbocycles. The fraction of sp³-hybridized carbons (Fsp3) is 0.0556. The Labute approximate surface area is 146 Å². The molecule has 1 amide bonds. The zero-order valence-corrected chi connectivity index (χ0v) is 14.0. The molecule has 1 aromatic carbocycles.